The highest BCUT2D eigenvalue weighted by molar-refractivity contribution is 4.66. The second-order valence-corrected chi connectivity index (χ2v) is 3.80. The van der Waals surface area contributed by atoms with Crippen LogP contribution in [0, 0.1) is 0 Å². The summed E-state index contributed by atoms with van der Waals surface area (Å²) < 4.78 is 0. The van der Waals surface area contributed by atoms with Crippen LogP contribution in [0.2, 0.25) is 0 Å². The summed E-state index contributed by atoms with van der Waals surface area (Å²) in [6, 6.07) is 0.377. The van der Waals surface area contributed by atoms with E-state index in [9.17, 15) is 0 Å². The van der Waals surface area contributed by atoms with E-state index in [-0.39, 0.29) is 0 Å². The molecule has 0 radical (unpaired) electrons. The monoisotopic (exact) mass is 186 g/mol. The van der Waals surface area contributed by atoms with E-state index < -0.39 is 0 Å². The van der Waals surface area contributed by atoms with Gasteiger partial charge in [-0.15, -0.1) is 0 Å². The van der Waals surface area contributed by atoms with Crippen molar-refractivity contribution in [3.63, 3.8) is 0 Å². The highest BCUT2D eigenvalue weighted by atomic mass is 15.1. The summed E-state index contributed by atoms with van der Waals surface area (Å²) in [5.41, 5.74) is 5.99. The van der Waals surface area contributed by atoms with Crippen LogP contribution < -0.4 is 5.73 Å². The van der Waals surface area contributed by atoms with Gasteiger partial charge in [0.05, 0.1) is 0 Å². The van der Waals surface area contributed by atoms with Gasteiger partial charge in [0.2, 0.25) is 0 Å². The molecule has 80 valence electrons. The van der Waals surface area contributed by atoms with Crippen LogP contribution in [-0.4, -0.2) is 30.6 Å². The van der Waals surface area contributed by atoms with E-state index in [0.29, 0.717) is 6.04 Å². The summed E-state index contributed by atoms with van der Waals surface area (Å²) in [6.07, 6.45) is 4.93. The Balaban J connectivity index is 3.56. The fourth-order valence-corrected chi connectivity index (χ4v) is 1.55. The summed E-state index contributed by atoms with van der Waals surface area (Å²) in [5, 5.41) is 0. The van der Waals surface area contributed by atoms with Crippen molar-refractivity contribution in [2.75, 3.05) is 19.6 Å². The molecule has 1 unspecified atom stereocenters. The summed E-state index contributed by atoms with van der Waals surface area (Å²) in [6.45, 7) is 10.1. The van der Waals surface area contributed by atoms with Gasteiger partial charge in [-0.1, -0.05) is 33.6 Å². The zero-order valence-corrected chi connectivity index (χ0v) is 9.55. The Morgan fingerprint density at radius 2 is 1.85 bits per heavy atom. The van der Waals surface area contributed by atoms with Gasteiger partial charge in [-0.3, -0.25) is 0 Å². The molecule has 0 aliphatic carbocycles. The molecule has 2 heteroatoms. The van der Waals surface area contributed by atoms with Crippen LogP contribution in [0.15, 0.2) is 0 Å². The lowest BCUT2D eigenvalue weighted by atomic mass is 10.1. The van der Waals surface area contributed by atoms with Crippen molar-refractivity contribution in [2.45, 2.75) is 52.5 Å². The minimum atomic E-state index is 0.377. The van der Waals surface area contributed by atoms with Crippen molar-refractivity contribution in [1.82, 2.24) is 4.90 Å². The maximum absolute atomic E-state index is 5.99. The van der Waals surface area contributed by atoms with E-state index in [1.165, 1.54) is 25.8 Å². The third-order valence-electron chi connectivity index (χ3n) is 2.43. The largest absolute Gasteiger partial charge is 0.327 e. The second kappa shape index (κ2) is 8.52. The van der Waals surface area contributed by atoms with E-state index in [2.05, 4.69) is 25.7 Å². The molecular formula is C11H26N2. The topological polar surface area (TPSA) is 29.3 Å². The maximum atomic E-state index is 5.99. The standard InChI is InChI=1S/C11H26N2/c1-4-7-9-13(6-3)10-11(12)8-5-2/h11H,4-10,12H2,1-3H3. The van der Waals surface area contributed by atoms with Crippen LogP contribution >= 0.6 is 0 Å². The zero-order chi connectivity index (χ0) is 10.1. The first kappa shape index (κ1) is 12.9. The van der Waals surface area contributed by atoms with Gasteiger partial charge in [0.15, 0.2) is 0 Å². The zero-order valence-electron chi connectivity index (χ0n) is 9.55. The van der Waals surface area contributed by atoms with Crippen LogP contribution in [0.4, 0.5) is 0 Å². The first-order valence-electron chi connectivity index (χ1n) is 5.72. The molecule has 0 aromatic heterocycles. The Morgan fingerprint density at radius 1 is 1.15 bits per heavy atom. The Bertz CT molecular complexity index is 104. The predicted octanol–water partition coefficient (Wildman–Crippen LogP) is 2.24. The Morgan fingerprint density at radius 3 is 2.31 bits per heavy atom. The lowest BCUT2D eigenvalue weighted by Crippen LogP contribution is -2.37. The quantitative estimate of drug-likeness (QED) is 0.630. The molecule has 0 amide bonds. The molecule has 0 fully saturated rings. The molecule has 0 aliphatic heterocycles. The maximum Gasteiger partial charge on any atom is 0.0167 e. The number of rotatable bonds is 8. The van der Waals surface area contributed by atoms with Gasteiger partial charge < -0.3 is 10.6 Å². The molecule has 0 rings (SSSR count). The van der Waals surface area contributed by atoms with Gasteiger partial charge >= 0.3 is 0 Å². The molecule has 0 heterocycles. The molecule has 2 nitrogen and oxygen atoms in total. The Labute approximate surface area is 83.5 Å². The van der Waals surface area contributed by atoms with Crippen molar-refractivity contribution in [3.05, 3.63) is 0 Å². The van der Waals surface area contributed by atoms with Crippen molar-refractivity contribution in [2.24, 2.45) is 5.73 Å². The summed E-state index contributed by atoms with van der Waals surface area (Å²) in [4.78, 5) is 2.46. The highest BCUT2D eigenvalue weighted by Crippen LogP contribution is 1.99. The van der Waals surface area contributed by atoms with Gasteiger partial charge in [-0.2, -0.15) is 0 Å². The van der Waals surface area contributed by atoms with Crippen molar-refractivity contribution >= 4 is 0 Å². The molecule has 0 saturated heterocycles. The number of likely N-dealkylation sites (N-methyl/N-ethyl adjacent to an activating group) is 1. The normalized spacial score (nSPS) is 13.6. The van der Waals surface area contributed by atoms with Crippen LogP contribution in [0.3, 0.4) is 0 Å². The van der Waals surface area contributed by atoms with E-state index >= 15 is 0 Å². The molecule has 2 N–H and O–H groups in total. The first-order chi connectivity index (χ1) is 6.24. The molecule has 0 aromatic carbocycles. The van der Waals surface area contributed by atoms with E-state index in [1.54, 1.807) is 0 Å². The third kappa shape index (κ3) is 7.03. The average molecular weight is 186 g/mol. The van der Waals surface area contributed by atoms with Gasteiger partial charge in [0, 0.05) is 12.6 Å². The number of hydrogen-bond donors (Lipinski definition) is 1. The average Bonchev–Trinajstić information content (AvgIpc) is 2.12. The lowest BCUT2D eigenvalue weighted by Gasteiger charge is -2.23. The van der Waals surface area contributed by atoms with Crippen molar-refractivity contribution < 1.29 is 0 Å². The molecule has 1 atom stereocenters. The molecule has 0 aromatic rings. The minimum absolute atomic E-state index is 0.377. The van der Waals surface area contributed by atoms with Gasteiger partial charge in [0.1, 0.15) is 0 Å². The minimum Gasteiger partial charge on any atom is -0.327 e. The second-order valence-electron chi connectivity index (χ2n) is 3.80. The summed E-state index contributed by atoms with van der Waals surface area (Å²) in [5.74, 6) is 0. The van der Waals surface area contributed by atoms with Crippen LogP contribution in [0.5, 0.6) is 0 Å². The number of nitrogens with two attached hydrogens (primary N) is 1. The van der Waals surface area contributed by atoms with Crippen LogP contribution in [0.25, 0.3) is 0 Å². The Hall–Kier alpha value is -0.0800. The van der Waals surface area contributed by atoms with Gasteiger partial charge in [-0.05, 0) is 25.9 Å². The molecule has 0 saturated carbocycles. The van der Waals surface area contributed by atoms with Gasteiger partial charge in [-0.25, -0.2) is 0 Å². The smallest absolute Gasteiger partial charge is 0.0167 e. The predicted molar refractivity (Wildman–Crippen MR) is 59.9 cm³/mol. The fourth-order valence-electron chi connectivity index (χ4n) is 1.55. The Kier molecular flexibility index (Phi) is 8.46. The van der Waals surface area contributed by atoms with E-state index in [1.807, 2.05) is 0 Å². The lowest BCUT2D eigenvalue weighted by molar-refractivity contribution is 0.260. The van der Waals surface area contributed by atoms with E-state index in [0.717, 1.165) is 19.5 Å². The van der Waals surface area contributed by atoms with Crippen LogP contribution in [0.1, 0.15) is 46.5 Å². The molecule has 13 heavy (non-hydrogen) atoms. The van der Waals surface area contributed by atoms with Crippen molar-refractivity contribution in [1.29, 1.82) is 0 Å². The summed E-state index contributed by atoms with van der Waals surface area (Å²) >= 11 is 0. The number of hydrogen-bond acceptors (Lipinski definition) is 2. The summed E-state index contributed by atoms with van der Waals surface area (Å²) in [7, 11) is 0. The number of unbranched alkanes of at least 4 members (excludes halogenated alkanes) is 1. The van der Waals surface area contributed by atoms with Gasteiger partial charge in [0.25, 0.3) is 0 Å². The molecular weight excluding hydrogens is 160 g/mol. The van der Waals surface area contributed by atoms with Crippen molar-refractivity contribution in [3.8, 4) is 0 Å². The molecule has 0 spiro atoms. The van der Waals surface area contributed by atoms with Crippen LogP contribution in [-0.2, 0) is 0 Å². The highest BCUT2D eigenvalue weighted by Gasteiger charge is 2.06. The SMILES string of the molecule is CCCCN(CC)CC(N)CCC. The third-order valence-corrected chi connectivity index (χ3v) is 2.43. The van der Waals surface area contributed by atoms with E-state index in [4.69, 9.17) is 5.73 Å². The number of nitrogens with zero attached hydrogens (tertiary/aromatic N) is 1. The first-order valence-corrected chi connectivity index (χ1v) is 5.72. The fraction of sp³-hybridized carbons (Fsp3) is 1.00. The molecule has 0 aliphatic rings. The molecule has 0 bridgehead atoms.